The smallest absolute Gasteiger partial charge is 0.104 e. The second-order valence-corrected chi connectivity index (χ2v) is 5.27. The molecule has 1 aliphatic rings. The van der Waals surface area contributed by atoms with Crippen molar-refractivity contribution in [3.05, 3.63) is 35.4 Å². The van der Waals surface area contributed by atoms with E-state index in [0.717, 1.165) is 5.56 Å². The second kappa shape index (κ2) is 7.33. The number of aliphatic hydroxyl groups is 1. The standard InChI is InChI=1S/C17H22O2/c1-14-5-2-3-7-17(14)19-13-16-10-8-15(9-11-16)6-4-12-18/h8-11,14,17-18H,2-3,5,7,12-13H2,1H3. The number of hydrogen-bond donors (Lipinski definition) is 1. The Hall–Kier alpha value is -1.30. The number of rotatable bonds is 3. The van der Waals surface area contributed by atoms with Crippen molar-refractivity contribution in [1.29, 1.82) is 0 Å². The van der Waals surface area contributed by atoms with Crippen molar-refractivity contribution in [1.82, 2.24) is 0 Å². The predicted octanol–water partition coefficient (Wildman–Crippen LogP) is 3.13. The lowest BCUT2D eigenvalue weighted by atomic mass is 9.88. The Balaban J connectivity index is 1.85. The largest absolute Gasteiger partial charge is 0.384 e. The van der Waals surface area contributed by atoms with Crippen molar-refractivity contribution < 1.29 is 9.84 Å². The predicted molar refractivity (Wildman–Crippen MR) is 76.6 cm³/mol. The van der Waals surface area contributed by atoms with Gasteiger partial charge in [-0.05, 0) is 36.5 Å². The second-order valence-electron chi connectivity index (χ2n) is 5.27. The molecular formula is C17H22O2. The molecule has 0 amide bonds. The molecule has 2 heteroatoms. The minimum Gasteiger partial charge on any atom is -0.384 e. The third-order valence-corrected chi connectivity index (χ3v) is 3.76. The molecule has 1 saturated carbocycles. The van der Waals surface area contributed by atoms with Crippen molar-refractivity contribution >= 4 is 0 Å². The molecule has 2 nitrogen and oxygen atoms in total. The van der Waals surface area contributed by atoms with Gasteiger partial charge < -0.3 is 9.84 Å². The molecule has 1 aliphatic carbocycles. The van der Waals surface area contributed by atoms with Crippen LogP contribution >= 0.6 is 0 Å². The maximum absolute atomic E-state index is 8.64. The van der Waals surface area contributed by atoms with Crippen LogP contribution in [-0.2, 0) is 11.3 Å². The molecule has 0 heterocycles. The first-order valence-corrected chi connectivity index (χ1v) is 7.10. The molecule has 1 aromatic carbocycles. The van der Waals surface area contributed by atoms with Crippen LogP contribution in [0.3, 0.4) is 0 Å². The molecule has 0 spiro atoms. The monoisotopic (exact) mass is 258 g/mol. The van der Waals surface area contributed by atoms with Gasteiger partial charge in [-0.25, -0.2) is 0 Å². The highest BCUT2D eigenvalue weighted by molar-refractivity contribution is 5.36. The van der Waals surface area contributed by atoms with Crippen molar-refractivity contribution in [3.8, 4) is 11.8 Å². The van der Waals surface area contributed by atoms with Crippen LogP contribution in [0.4, 0.5) is 0 Å². The Kier molecular flexibility index (Phi) is 5.44. The summed E-state index contributed by atoms with van der Waals surface area (Å²) in [5, 5.41) is 8.64. The molecule has 2 unspecified atom stereocenters. The molecule has 0 aromatic heterocycles. The summed E-state index contributed by atoms with van der Waals surface area (Å²) in [6, 6.07) is 8.06. The van der Waals surface area contributed by atoms with Crippen LogP contribution in [0.1, 0.15) is 43.7 Å². The third-order valence-electron chi connectivity index (χ3n) is 3.76. The molecule has 1 N–H and O–H groups in total. The van der Waals surface area contributed by atoms with E-state index in [1.165, 1.54) is 31.2 Å². The summed E-state index contributed by atoms with van der Waals surface area (Å²) < 4.78 is 6.03. The van der Waals surface area contributed by atoms with Gasteiger partial charge in [0, 0.05) is 5.56 Å². The van der Waals surface area contributed by atoms with Crippen LogP contribution in [-0.4, -0.2) is 17.8 Å². The molecular weight excluding hydrogens is 236 g/mol. The molecule has 0 aliphatic heterocycles. The van der Waals surface area contributed by atoms with E-state index in [2.05, 4.69) is 30.9 Å². The van der Waals surface area contributed by atoms with Gasteiger partial charge in [0.2, 0.25) is 0 Å². The van der Waals surface area contributed by atoms with E-state index >= 15 is 0 Å². The quantitative estimate of drug-likeness (QED) is 0.844. The Labute approximate surface area is 115 Å². The first-order chi connectivity index (χ1) is 9.29. The number of benzene rings is 1. The summed E-state index contributed by atoms with van der Waals surface area (Å²) >= 11 is 0. The maximum Gasteiger partial charge on any atom is 0.104 e. The van der Waals surface area contributed by atoms with Crippen molar-refractivity contribution in [2.45, 2.75) is 45.3 Å². The normalized spacial score (nSPS) is 22.6. The summed E-state index contributed by atoms with van der Waals surface area (Å²) in [6.07, 6.45) is 5.55. The summed E-state index contributed by atoms with van der Waals surface area (Å²) in [4.78, 5) is 0. The van der Waals surface area contributed by atoms with Crippen LogP contribution in [0.5, 0.6) is 0 Å². The van der Waals surface area contributed by atoms with E-state index in [1.54, 1.807) is 0 Å². The van der Waals surface area contributed by atoms with E-state index in [0.29, 0.717) is 18.6 Å². The average Bonchev–Trinajstić information content (AvgIpc) is 2.45. The highest BCUT2D eigenvalue weighted by Gasteiger charge is 2.21. The average molecular weight is 258 g/mol. The molecule has 2 rings (SSSR count). The van der Waals surface area contributed by atoms with Gasteiger partial charge in [-0.15, -0.1) is 0 Å². The number of ether oxygens (including phenoxy) is 1. The fourth-order valence-electron chi connectivity index (χ4n) is 2.56. The summed E-state index contributed by atoms with van der Waals surface area (Å²) in [7, 11) is 0. The molecule has 1 aromatic rings. The Morgan fingerprint density at radius 1 is 1.21 bits per heavy atom. The van der Waals surface area contributed by atoms with E-state index in [4.69, 9.17) is 9.84 Å². The molecule has 19 heavy (non-hydrogen) atoms. The first kappa shape index (κ1) is 14.1. The third kappa shape index (κ3) is 4.38. The van der Waals surface area contributed by atoms with Gasteiger partial charge >= 0.3 is 0 Å². The van der Waals surface area contributed by atoms with Crippen LogP contribution in [0.15, 0.2) is 24.3 Å². The lowest BCUT2D eigenvalue weighted by Crippen LogP contribution is -2.25. The Bertz CT molecular complexity index is 439. The minimum atomic E-state index is -0.0928. The van der Waals surface area contributed by atoms with E-state index in [1.807, 2.05) is 12.1 Å². The highest BCUT2D eigenvalue weighted by atomic mass is 16.5. The van der Waals surface area contributed by atoms with Gasteiger partial charge in [0.25, 0.3) is 0 Å². The summed E-state index contributed by atoms with van der Waals surface area (Å²) in [6.45, 7) is 2.88. The molecule has 0 saturated heterocycles. The lowest BCUT2D eigenvalue weighted by Gasteiger charge is -2.28. The SMILES string of the molecule is CC1CCCCC1OCc1ccc(C#CCO)cc1. The lowest BCUT2D eigenvalue weighted by molar-refractivity contribution is -0.0154. The molecule has 1 fully saturated rings. The number of aliphatic hydroxyl groups excluding tert-OH is 1. The fraction of sp³-hybridized carbons (Fsp3) is 0.529. The summed E-state index contributed by atoms with van der Waals surface area (Å²) in [5.74, 6) is 6.22. The minimum absolute atomic E-state index is 0.0928. The van der Waals surface area contributed by atoms with Crippen molar-refractivity contribution in [2.24, 2.45) is 5.92 Å². The van der Waals surface area contributed by atoms with Crippen LogP contribution in [0.25, 0.3) is 0 Å². The highest BCUT2D eigenvalue weighted by Crippen LogP contribution is 2.26. The Morgan fingerprint density at radius 3 is 2.63 bits per heavy atom. The van der Waals surface area contributed by atoms with Gasteiger partial charge in [0.05, 0.1) is 12.7 Å². The first-order valence-electron chi connectivity index (χ1n) is 7.10. The zero-order valence-corrected chi connectivity index (χ0v) is 11.6. The van der Waals surface area contributed by atoms with E-state index in [9.17, 15) is 0 Å². The van der Waals surface area contributed by atoms with Gasteiger partial charge in [-0.3, -0.25) is 0 Å². The summed E-state index contributed by atoms with van der Waals surface area (Å²) in [5.41, 5.74) is 2.12. The van der Waals surface area contributed by atoms with Crippen molar-refractivity contribution in [3.63, 3.8) is 0 Å². The topological polar surface area (TPSA) is 29.5 Å². The zero-order valence-electron chi connectivity index (χ0n) is 11.6. The number of hydrogen-bond acceptors (Lipinski definition) is 2. The Morgan fingerprint density at radius 2 is 1.95 bits per heavy atom. The van der Waals surface area contributed by atoms with Gasteiger partial charge in [0.1, 0.15) is 6.61 Å². The van der Waals surface area contributed by atoms with Crippen LogP contribution in [0.2, 0.25) is 0 Å². The van der Waals surface area contributed by atoms with Gasteiger partial charge in [-0.1, -0.05) is 43.7 Å². The van der Waals surface area contributed by atoms with E-state index in [-0.39, 0.29) is 6.61 Å². The van der Waals surface area contributed by atoms with E-state index < -0.39 is 0 Å². The molecule has 0 radical (unpaired) electrons. The maximum atomic E-state index is 8.64. The molecule has 102 valence electrons. The molecule has 0 bridgehead atoms. The van der Waals surface area contributed by atoms with Gasteiger partial charge in [0.15, 0.2) is 0 Å². The van der Waals surface area contributed by atoms with Crippen LogP contribution < -0.4 is 0 Å². The fourth-order valence-corrected chi connectivity index (χ4v) is 2.56. The molecule has 2 atom stereocenters. The van der Waals surface area contributed by atoms with Crippen LogP contribution in [0, 0.1) is 17.8 Å². The van der Waals surface area contributed by atoms with Crippen molar-refractivity contribution in [2.75, 3.05) is 6.61 Å². The van der Waals surface area contributed by atoms with Gasteiger partial charge in [-0.2, -0.15) is 0 Å². The zero-order chi connectivity index (χ0) is 13.5.